The number of hydrogen-bond donors (Lipinski definition) is 5. The minimum atomic E-state index is -1.59. The van der Waals surface area contributed by atoms with Crippen LogP contribution in [0.4, 0.5) is 0 Å². The Kier molecular flexibility index (Phi) is 6.16. The third-order valence-corrected chi connectivity index (χ3v) is 5.24. The molecule has 1 fully saturated rings. The van der Waals surface area contributed by atoms with E-state index in [0.29, 0.717) is 17.6 Å². The van der Waals surface area contributed by atoms with Crippen molar-refractivity contribution >= 4 is 5.97 Å². The first-order chi connectivity index (χ1) is 12.9. The number of ether oxygens (including phenoxy) is 4. The number of esters is 1. The molecule has 27 heavy (non-hydrogen) atoms. The largest absolute Gasteiger partial charge is 0.471 e. The second-order valence-corrected chi connectivity index (χ2v) is 6.71. The van der Waals surface area contributed by atoms with E-state index in [2.05, 4.69) is 0 Å². The molecular weight excluding hydrogens is 364 g/mol. The smallest absolute Gasteiger partial charge is 0.337 e. The second kappa shape index (κ2) is 8.23. The van der Waals surface area contributed by atoms with Crippen LogP contribution in [0.15, 0.2) is 23.5 Å². The molecule has 0 aromatic carbocycles. The van der Waals surface area contributed by atoms with Crippen LogP contribution in [0.5, 0.6) is 0 Å². The summed E-state index contributed by atoms with van der Waals surface area (Å²) in [6.45, 7) is -0.857. The highest BCUT2D eigenvalue weighted by Crippen LogP contribution is 2.44. The fourth-order valence-electron chi connectivity index (χ4n) is 3.73. The van der Waals surface area contributed by atoms with Gasteiger partial charge in [0.15, 0.2) is 6.29 Å². The Morgan fingerprint density at radius 1 is 1.19 bits per heavy atom. The van der Waals surface area contributed by atoms with Crippen LogP contribution >= 0.6 is 0 Å². The molecular formula is C17H24O10. The number of carbonyl (C=O) groups is 1. The maximum absolute atomic E-state index is 12.0. The maximum atomic E-state index is 12.0. The van der Waals surface area contributed by atoms with E-state index < -0.39 is 55.5 Å². The molecule has 0 amide bonds. The van der Waals surface area contributed by atoms with Crippen LogP contribution in [0.2, 0.25) is 0 Å². The Balaban J connectivity index is 1.80. The van der Waals surface area contributed by atoms with Gasteiger partial charge < -0.3 is 44.5 Å². The fraction of sp³-hybridized carbons (Fsp3) is 0.706. The SMILES string of the molecule is COC(=O)C1=CO[C@@H](OC2O[C@H](CO)[C@@H](O)[C@H](O)[C@H]2O)[C@H]2C(CO)=CC[C@H]12. The third kappa shape index (κ3) is 3.61. The van der Waals surface area contributed by atoms with E-state index in [4.69, 9.17) is 18.9 Å². The molecule has 0 spiro atoms. The number of allylic oxidation sites excluding steroid dienone is 1. The molecule has 3 aliphatic rings. The predicted molar refractivity (Wildman–Crippen MR) is 86.6 cm³/mol. The van der Waals surface area contributed by atoms with Crippen molar-refractivity contribution < 1.29 is 49.3 Å². The lowest BCUT2D eigenvalue weighted by Gasteiger charge is -2.42. The fourth-order valence-corrected chi connectivity index (χ4v) is 3.73. The zero-order chi connectivity index (χ0) is 19.7. The standard InChI is InChI=1S/C17H24O10/c1-24-15(23)9-6-25-16(11-7(4-18)2-3-8(9)11)27-17-14(22)13(21)12(20)10(5-19)26-17/h2,6,8,10-14,16-22H,3-5H2,1H3/t8-,10-,11+,12-,13+,14-,16+,17?/m1/s1. The molecule has 0 aromatic rings. The van der Waals surface area contributed by atoms with Crippen LogP contribution in [-0.4, -0.2) is 88.8 Å². The number of rotatable bonds is 5. The highest BCUT2D eigenvalue weighted by atomic mass is 16.8. The summed E-state index contributed by atoms with van der Waals surface area (Å²) in [6.07, 6.45) is -4.73. The van der Waals surface area contributed by atoms with Gasteiger partial charge in [0.25, 0.3) is 0 Å². The number of fused-ring (bicyclic) bond motifs is 1. The molecule has 0 bridgehead atoms. The molecule has 2 heterocycles. The van der Waals surface area contributed by atoms with Crippen molar-refractivity contribution in [1.82, 2.24) is 0 Å². The molecule has 0 saturated carbocycles. The molecule has 152 valence electrons. The first kappa shape index (κ1) is 20.2. The van der Waals surface area contributed by atoms with Crippen molar-refractivity contribution in [3.8, 4) is 0 Å². The van der Waals surface area contributed by atoms with E-state index in [0.717, 1.165) is 0 Å². The Bertz CT molecular complexity index is 615. The van der Waals surface area contributed by atoms with Crippen molar-refractivity contribution in [2.75, 3.05) is 20.3 Å². The van der Waals surface area contributed by atoms with Gasteiger partial charge in [-0.25, -0.2) is 4.79 Å². The minimum absolute atomic E-state index is 0.270. The first-order valence-electron chi connectivity index (χ1n) is 8.62. The van der Waals surface area contributed by atoms with Crippen molar-refractivity contribution in [2.24, 2.45) is 11.8 Å². The van der Waals surface area contributed by atoms with Crippen LogP contribution in [0.3, 0.4) is 0 Å². The predicted octanol–water partition coefficient (Wildman–Crippen LogP) is -2.23. The number of aliphatic hydroxyl groups excluding tert-OH is 5. The number of carbonyl (C=O) groups excluding carboxylic acids is 1. The molecule has 0 aromatic heterocycles. The Morgan fingerprint density at radius 3 is 2.56 bits per heavy atom. The third-order valence-electron chi connectivity index (χ3n) is 5.24. The van der Waals surface area contributed by atoms with Crippen molar-refractivity contribution in [1.29, 1.82) is 0 Å². The Morgan fingerprint density at radius 2 is 1.93 bits per heavy atom. The Labute approximate surface area is 155 Å². The summed E-state index contributed by atoms with van der Waals surface area (Å²) in [4.78, 5) is 12.0. The molecule has 5 N–H and O–H groups in total. The van der Waals surface area contributed by atoms with Crippen LogP contribution in [0.1, 0.15) is 6.42 Å². The highest BCUT2D eigenvalue weighted by molar-refractivity contribution is 5.89. The topological polar surface area (TPSA) is 155 Å². The van der Waals surface area contributed by atoms with Gasteiger partial charge in [0.05, 0.1) is 38.1 Å². The molecule has 0 radical (unpaired) electrons. The zero-order valence-corrected chi connectivity index (χ0v) is 14.7. The van der Waals surface area contributed by atoms with Crippen LogP contribution in [-0.2, 0) is 23.7 Å². The van der Waals surface area contributed by atoms with Crippen LogP contribution < -0.4 is 0 Å². The molecule has 2 aliphatic heterocycles. The number of aliphatic hydroxyl groups is 5. The average Bonchev–Trinajstić information content (AvgIpc) is 3.12. The normalized spacial score (nSPS) is 41.3. The minimum Gasteiger partial charge on any atom is -0.471 e. The van der Waals surface area contributed by atoms with E-state index in [9.17, 15) is 30.3 Å². The molecule has 8 atom stereocenters. The summed E-state index contributed by atoms with van der Waals surface area (Å²) in [6, 6.07) is 0. The monoisotopic (exact) mass is 388 g/mol. The molecule has 10 heteroatoms. The summed E-state index contributed by atoms with van der Waals surface area (Å²) in [5, 5.41) is 48.8. The van der Waals surface area contributed by atoms with Gasteiger partial charge in [0, 0.05) is 5.92 Å². The molecule has 10 nitrogen and oxygen atoms in total. The van der Waals surface area contributed by atoms with Gasteiger partial charge in [-0.3, -0.25) is 0 Å². The summed E-state index contributed by atoms with van der Waals surface area (Å²) in [5.74, 6) is -1.42. The van der Waals surface area contributed by atoms with E-state index in [1.807, 2.05) is 0 Å². The van der Waals surface area contributed by atoms with Crippen molar-refractivity contribution in [2.45, 2.75) is 43.4 Å². The van der Waals surface area contributed by atoms with Gasteiger partial charge >= 0.3 is 5.97 Å². The van der Waals surface area contributed by atoms with E-state index in [1.165, 1.54) is 13.4 Å². The van der Waals surface area contributed by atoms with Crippen LogP contribution in [0, 0.1) is 11.8 Å². The quantitative estimate of drug-likeness (QED) is 0.258. The number of hydrogen-bond acceptors (Lipinski definition) is 10. The lowest BCUT2D eigenvalue weighted by Crippen LogP contribution is -2.60. The molecule has 1 unspecified atom stereocenters. The summed E-state index contributed by atoms with van der Waals surface area (Å²) < 4.78 is 21.3. The van der Waals surface area contributed by atoms with Gasteiger partial charge in [0.1, 0.15) is 24.4 Å². The molecule has 1 aliphatic carbocycles. The summed E-state index contributed by atoms with van der Waals surface area (Å²) in [7, 11) is 1.25. The van der Waals surface area contributed by atoms with Crippen LogP contribution in [0.25, 0.3) is 0 Å². The summed E-state index contributed by atoms with van der Waals surface area (Å²) >= 11 is 0. The van der Waals surface area contributed by atoms with E-state index in [1.54, 1.807) is 6.08 Å². The first-order valence-corrected chi connectivity index (χ1v) is 8.62. The molecule has 1 saturated heterocycles. The highest BCUT2D eigenvalue weighted by Gasteiger charge is 2.49. The van der Waals surface area contributed by atoms with Crippen molar-refractivity contribution in [3.05, 3.63) is 23.5 Å². The van der Waals surface area contributed by atoms with Crippen molar-refractivity contribution in [3.63, 3.8) is 0 Å². The van der Waals surface area contributed by atoms with E-state index in [-0.39, 0.29) is 12.5 Å². The maximum Gasteiger partial charge on any atom is 0.337 e. The number of methoxy groups -OCH3 is 1. The van der Waals surface area contributed by atoms with E-state index >= 15 is 0 Å². The summed E-state index contributed by atoms with van der Waals surface area (Å²) in [5.41, 5.74) is 0.903. The van der Waals surface area contributed by atoms with Gasteiger partial charge in [-0.15, -0.1) is 0 Å². The van der Waals surface area contributed by atoms with Gasteiger partial charge in [-0.1, -0.05) is 6.08 Å². The average molecular weight is 388 g/mol. The van der Waals surface area contributed by atoms with Gasteiger partial charge in [-0.05, 0) is 12.0 Å². The molecule has 3 rings (SSSR count). The zero-order valence-electron chi connectivity index (χ0n) is 14.7. The lowest BCUT2D eigenvalue weighted by molar-refractivity contribution is -0.339. The second-order valence-electron chi connectivity index (χ2n) is 6.71. The van der Waals surface area contributed by atoms with Gasteiger partial charge in [0.2, 0.25) is 6.29 Å². The lowest BCUT2D eigenvalue weighted by atomic mass is 9.83. The Hall–Kier alpha value is -1.53. The van der Waals surface area contributed by atoms with Gasteiger partial charge in [-0.2, -0.15) is 0 Å².